The average molecular weight is 282 g/mol. The molecular formula is C12H20F2O5. The number of hydrogen-bond donors (Lipinski definition) is 0. The van der Waals surface area contributed by atoms with E-state index in [1.165, 1.54) is 6.92 Å². The predicted molar refractivity (Wildman–Crippen MR) is 62.5 cm³/mol. The van der Waals surface area contributed by atoms with Crippen LogP contribution in [0, 0.1) is 5.92 Å². The molecule has 0 rings (SSSR count). The Balaban J connectivity index is 4.69. The van der Waals surface area contributed by atoms with Gasteiger partial charge in [-0.25, -0.2) is 0 Å². The van der Waals surface area contributed by atoms with Crippen LogP contribution in [0.2, 0.25) is 0 Å². The largest absolute Gasteiger partial charge is 0.469 e. The van der Waals surface area contributed by atoms with Gasteiger partial charge >= 0.3 is 18.6 Å². The topological polar surface area (TPSA) is 61.8 Å². The molecule has 0 saturated heterocycles. The fraction of sp³-hybridized carbons (Fsp3) is 0.833. The molecule has 0 aromatic heterocycles. The molecule has 0 unspecified atom stereocenters. The SMILES string of the molecule is COC(=O)[C@@H](CC(=O)OC(C)(C)C)[C@@H](C)OC(F)F. The second kappa shape index (κ2) is 7.37. The number of carbonyl (C=O) groups excluding carboxylic acids is 2. The second-order valence-corrected chi connectivity index (χ2v) is 5.02. The van der Waals surface area contributed by atoms with Gasteiger partial charge in [-0.1, -0.05) is 0 Å². The summed E-state index contributed by atoms with van der Waals surface area (Å²) in [5, 5.41) is 0. The van der Waals surface area contributed by atoms with Crippen LogP contribution in [0.4, 0.5) is 8.78 Å². The number of halogens is 2. The van der Waals surface area contributed by atoms with E-state index in [1.807, 2.05) is 0 Å². The number of carbonyl (C=O) groups is 2. The Morgan fingerprint density at radius 3 is 2.11 bits per heavy atom. The highest BCUT2D eigenvalue weighted by molar-refractivity contribution is 5.80. The zero-order valence-corrected chi connectivity index (χ0v) is 11.7. The molecule has 0 spiro atoms. The zero-order chi connectivity index (χ0) is 15.2. The smallest absolute Gasteiger partial charge is 0.345 e. The predicted octanol–water partition coefficient (Wildman–Crippen LogP) is 2.14. The lowest BCUT2D eigenvalue weighted by Crippen LogP contribution is -2.35. The van der Waals surface area contributed by atoms with Crippen molar-refractivity contribution in [3.8, 4) is 0 Å². The van der Waals surface area contributed by atoms with Gasteiger partial charge in [-0.15, -0.1) is 0 Å². The maximum atomic E-state index is 12.1. The van der Waals surface area contributed by atoms with Crippen molar-refractivity contribution in [3.63, 3.8) is 0 Å². The van der Waals surface area contributed by atoms with Gasteiger partial charge in [-0.05, 0) is 27.7 Å². The molecule has 112 valence electrons. The first kappa shape index (κ1) is 17.8. The molecule has 5 nitrogen and oxygen atoms in total. The van der Waals surface area contributed by atoms with Crippen molar-refractivity contribution < 1.29 is 32.6 Å². The van der Waals surface area contributed by atoms with E-state index < -0.39 is 36.2 Å². The number of ether oxygens (including phenoxy) is 3. The van der Waals surface area contributed by atoms with Gasteiger partial charge in [0.25, 0.3) is 0 Å². The van der Waals surface area contributed by atoms with Crippen molar-refractivity contribution in [2.24, 2.45) is 5.92 Å². The highest BCUT2D eigenvalue weighted by Gasteiger charge is 2.32. The fourth-order valence-electron chi connectivity index (χ4n) is 1.41. The third kappa shape index (κ3) is 7.71. The Bertz CT molecular complexity index is 312. The Morgan fingerprint density at radius 1 is 1.21 bits per heavy atom. The third-order valence-corrected chi connectivity index (χ3v) is 2.19. The first-order valence-electron chi connectivity index (χ1n) is 5.80. The number of rotatable bonds is 6. The Hall–Kier alpha value is -1.24. The lowest BCUT2D eigenvalue weighted by Gasteiger charge is -2.24. The molecular weight excluding hydrogens is 262 g/mol. The van der Waals surface area contributed by atoms with E-state index in [0.29, 0.717) is 0 Å². The Kier molecular flexibility index (Phi) is 6.89. The lowest BCUT2D eigenvalue weighted by atomic mass is 9.99. The van der Waals surface area contributed by atoms with Gasteiger partial charge in [0.1, 0.15) is 5.60 Å². The molecule has 0 aliphatic rings. The summed E-state index contributed by atoms with van der Waals surface area (Å²) in [5.74, 6) is -2.60. The average Bonchev–Trinajstić information content (AvgIpc) is 2.21. The third-order valence-electron chi connectivity index (χ3n) is 2.19. The van der Waals surface area contributed by atoms with E-state index in [1.54, 1.807) is 20.8 Å². The van der Waals surface area contributed by atoms with Crippen LogP contribution in [0.5, 0.6) is 0 Å². The van der Waals surface area contributed by atoms with Gasteiger partial charge in [0.05, 0.1) is 25.6 Å². The van der Waals surface area contributed by atoms with Crippen LogP contribution < -0.4 is 0 Å². The molecule has 0 amide bonds. The van der Waals surface area contributed by atoms with Crippen molar-refractivity contribution in [2.45, 2.75) is 52.4 Å². The molecule has 7 heteroatoms. The maximum absolute atomic E-state index is 12.1. The normalized spacial score (nSPS) is 14.9. The van der Waals surface area contributed by atoms with Gasteiger partial charge in [0.15, 0.2) is 0 Å². The molecule has 19 heavy (non-hydrogen) atoms. The monoisotopic (exact) mass is 282 g/mol. The van der Waals surface area contributed by atoms with E-state index in [-0.39, 0.29) is 6.42 Å². The molecule has 2 atom stereocenters. The molecule has 0 heterocycles. The van der Waals surface area contributed by atoms with Crippen LogP contribution in [0.1, 0.15) is 34.1 Å². The minimum atomic E-state index is -3.03. The van der Waals surface area contributed by atoms with Crippen LogP contribution in [-0.4, -0.2) is 37.4 Å². The van der Waals surface area contributed by atoms with Crippen molar-refractivity contribution >= 4 is 11.9 Å². The van der Waals surface area contributed by atoms with E-state index in [4.69, 9.17) is 4.74 Å². The molecule has 0 N–H and O–H groups in total. The molecule has 0 aromatic carbocycles. The lowest BCUT2D eigenvalue weighted by molar-refractivity contribution is -0.187. The number of methoxy groups -OCH3 is 1. The van der Waals surface area contributed by atoms with Crippen LogP contribution in [-0.2, 0) is 23.8 Å². The molecule has 0 fully saturated rings. The number of esters is 2. The van der Waals surface area contributed by atoms with Crippen molar-refractivity contribution in [1.29, 1.82) is 0 Å². The standard InChI is InChI=1S/C12H20F2O5/c1-7(18-11(13)14)8(10(16)17-5)6-9(15)19-12(2,3)4/h7-8,11H,6H2,1-5H3/t7-,8+/m1/s1. The van der Waals surface area contributed by atoms with Crippen molar-refractivity contribution in [2.75, 3.05) is 7.11 Å². The second-order valence-electron chi connectivity index (χ2n) is 5.02. The quantitative estimate of drug-likeness (QED) is 0.698. The van der Waals surface area contributed by atoms with Crippen LogP contribution in [0.15, 0.2) is 0 Å². The van der Waals surface area contributed by atoms with E-state index in [2.05, 4.69) is 9.47 Å². The van der Waals surface area contributed by atoms with E-state index in [9.17, 15) is 18.4 Å². The Labute approximate surface area is 111 Å². The summed E-state index contributed by atoms with van der Waals surface area (Å²) < 4.78 is 38.0. The summed E-state index contributed by atoms with van der Waals surface area (Å²) in [5.41, 5.74) is -0.718. The van der Waals surface area contributed by atoms with Gasteiger partial charge in [0.2, 0.25) is 0 Å². The summed E-state index contributed by atoms with van der Waals surface area (Å²) in [7, 11) is 1.11. The first-order chi connectivity index (χ1) is 8.56. The van der Waals surface area contributed by atoms with E-state index >= 15 is 0 Å². The van der Waals surface area contributed by atoms with Crippen molar-refractivity contribution in [3.05, 3.63) is 0 Å². The van der Waals surface area contributed by atoms with Gasteiger partial charge < -0.3 is 14.2 Å². The maximum Gasteiger partial charge on any atom is 0.345 e. The summed E-state index contributed by atoms with van der Waals surface area (Å²) in [4.78, 5) is 23.1. The molecule has 0 aliphatic heterocycles. The molecule has 0 aromatic rings. The molecule has 0 bridgehead atoms. The van der Waals surface area contributed by atoms with Crippen molar-refractivity contribution in [1.82, 2.24) is 0 Å². The molecule has 0 aliphatic carbocycles. The van der Waals surface area contributed by atoms with E-state index in [0.717, 1.165) is 7.11 Å². The fourth-order valence-corrected chi connectivity index (χ4v) is 1.41. The van der Waals surface area contributed by atoms with Crippen LogP contribution in [0.25, 0.3) is 0 Å². The highest BCUT2D eigenvalue weighted by Crippen LogP contribution is 2.19. The highest BCUT2D eigenvalue weighted by atomic mass is 19.3. The summed E-state index contributed by atoms with van der Waals surface area (Å²) >= 11 is 0. The van der Waals surface area contributed by atoms with Gasteiger partial charge in [-0.2, -0.15) is 8.78 Å². The van der Waals surface area contributed by atoms with Gasteiger partial charge in [0, 0.05) is 0 Å². The zero-order valence-electron chi connectivity index (χ0n) is 11.7. The summed E-state index contributed by atoms with van der Waals surface area (Å²) in [6, 6.07) is 0. The molecule has 0 radical (unpaired) electrons. The summed E-state index contributed by atoms with van der Waals surface area (Å²) in [6.45, 7) is 3.24. The minimum absolute atomic E-state index is 0.377. The van der Waals surface area contributed by atoms with Crippen LogP contribution in [0.3, 0.4) is 0 Å². The first-order valence-corrected chi connectivity index (χ1v) is 5.80. The Morgan fingerprint density at radius 2 is 1.74 bits per heavy atom. The summed E-state index contributed by atoms with van der Waals surface area (Å²) in [6.07, 6.45) is -1.53. The minimum Gasteiger partial charge on any atom is -0.469 e. The number of hydrogen-bond acceptors (Lipinski definition) is 5. The van der Waals surface area contributed by atoms with Crippen LogP contribution >= 0.6 is 0 Å². The molecule has 0 saturated carbocycles. The van der Waals surface area contributed by atoms with Gasteiger partial charge in [-0.3, -0.25) is 9.59 Å². The number of alkyl halides is 2.